The Bertz CT molecular complexity index is 873. The molecule has 0 heterocycles. The van der Waals surface area contributed by atoms with E-state index in [1.54, 1.807) is 0 Å². The number of hydrogen-bond acceptors (Lipinski definition) is 7. The fourth-order valence-electron chi connectivity index (χ4n) is 1.91. The molecule has 0 aromatic heterocycles. The van der Waals surface area contributed by atoms with Gasteiger partial charge in [0.05, 0.1) is 27.4 Å². The Morgan fingerprint density at radius 1 is 0.909 bits per heavy atom. The van der Waals surface area contributed by atoms with Gasteiger partial charge < -0.3 is 25.5 Å². The molecule has 0 bridgehead atoms. The first kappa shape index (κ1) is 15.5. The summed E-state index contributed by atoms with van der Waals surface area (Å²) in [5.41, 5.74) is 4.46. The van der Waals surface area contributed by atoms with Crippen LogP contribution in [0, 0.1) is 0 Å². The number of anilines is 1. The fourth-order valence-corrected chi connectivity index (χ4v) is 3.46. The maximum Gasteiger partial charge on any atom is 0.209 e. The summed E-state index contributed by atoms with van der Waals surface area (Å²) in [6, 6.07) is 7.84. The van der Waals surface area contributed by atoms with Crippen LogP contribution in [0.5, 0.6) is 0 Å². The fraction of sp³-hybridized carbons (Fsp3) is 0. The molecule has 0 fully saturated rings. The number of carboxylic acids is 2. The number of sulfone groups is 1. The second-order valence-electron chi connectivity index (χ2n) is 4.33. The van der Waals surface area contributed by atoms with Crippen LogP contribution in [0.1, 0.15) is 20.7 Å². The summed E-state index contributed by atoms with van der Waals surface area (Å²) in [7, 11) is -4.25. The molecule has 0 aliphatic heterocycles. The number of nitrogen functional groups attached to an aromatic ring is 1. The van der Waals surface area contributed by atoms with Gasteiger partial charge in [0.1, 0.15) is 0 Å². The van der Waals surface area contributed by atoms with Crippen LogP contribution in [-0.4, -0.2) is 20.4 Å². The van der Waals surface area contributed by atoms with Crippen molar-refractivity contribution in [2.75, 3.05) is 5.73 Å². The lowest BCUT2D eigenvalue weighted by molar-refractivity contribution is -0.256. The van der Waals surface area contributed by atoms with E-state index in [1.165, 1.54) is 12.1 Å². The number of aromatic carboxylic acids is 2. The van der Waals surface area contributed by atoms with Gasteiger partial charge in [-0.15, -0.1) is 0 Å². The van der Waals surface area contributed by atoms with E-state index in [1.807, 2.05) is 0 Å². The van der Waals surface area contributed by atoms with Crippen LogP contribution in [0.4, 0.5) is 5.69 Å². The maximum atomic E-state index is 12.5. The lowest BCUT2D eigenvalue weighted by atomic mass is 10.2. The lowest BCUT2D eigenvalue weighted by Gasteiger charge is -2.13. The Morgan fingerprint density at radius 2 is 1.55 bits per heavy atom. The number of hydrogen-bond donors (Lipinski definition) is 1. The van der Waals surface area contributed by atoms with E-state index in [2.05, 4.69) is 0 Å². The molecule has 0 aliphatic rings. The number of benzene rings is 2. The normalized spacial score (nSPS) is 11.1. The van der Waals surface area contributed by atoms with Gasteiger partial charge in [-0.05, 0) is 23.8 Å². The van der Waals surface area contributed by atoms with Crippen molar-refractivity contribution in [1.29, 1.82) is 0 Å². The zero-order valence-electron chi connectivity index (χ0n) is 11.0. The highest BCUT2D eigenvalue weighted by Crippen LogP contribution is 2.28. The van der Waals surface area contributed by atoms with E-state index in [-0.39, 0.29) is 11.3 Å². The smallest absolute Gasteiger partial charge is 0.209 e. The van der Waals surface area contributed by atoms with Gasteiger partial charge in [0.25, 0.3) is 0 Å². The molecule has 114 valence electrons. The molecule has 0 atom stereocenters. The number of nitrogens with two attached hydrogens (primary N) is 1. The van der Waals surface area contributed by atoms with Crippen LogP contribution in [0.25, 0.3) is 0 Å². The highest BCUT2D eigenvalue weighted by molar-refractivity contribution is 7.91. The van der Waals surface area contributed by atoms with E-state index in [0.29, 0.717) is 0 Å². The molecule has 0 radical (unpaired) electrons. The Morgan fingerprint density at radius 3 is 2.09 bits per heavy atom. The van der Waals surface area contributed by atoms with Gasteiger partial charge in [0.2, 0.25) is 9.84 Å². The van der Waals surface area contributed by atoms with Gasteiger partial charge in [-0.1, -0.05) is 24.3 Å². The van der Waals surface area contributed by atoms with Crippen molar-refractivity contribution in [2.24, 2.45) is 0 Å². The van der Waals surface area contributed by atoms with E-state index >= 15 is 0 Å². The maximum absolute atomic E-state index is 12.5. The summed E-state index contributed by atoms with van der Waals surface area (Å²) in [5, 5.41) is 21.8. The van der Waals surface area contributed by atoms with Gasteiger partial charge >= 0.3 is 0 Å². The lowest BCUT2D eigenvalue weighted by Crippen LogP contribution is -2.25. The van der Waals surface area contributed by atoms with Crippen LogP contribution in [0.2, 0.25) is 0 Å². The predicted molar refractivity (Wildman–Crippen MR) is 71.4 cm³/mol. The number of carboxylic acid groups (broad SMARTS) is 2. The molecule has 22 heavy (non-hydrogen) atoms. The van der Waals surface area contributed by atoms with Crippen LogP contribution >= 0.6 is 0 Å². The van der Waals surface area contributed by atoms with Crippen LogP contribution in [0.15, 0.2) is 52.3 Å². The minimum atomic E-state index is -4.25. The number of rotatable bonds is 4. The molecule has 0 unspecified atom stereocenters. The Labute approximate surface area is 125 Å². The van der Waals surface area contributed by atoms with E-state index in [4.69, 9.17) is 5.73 Å². The topological polar surface area (TPSA) is 140 Å². The monoisotopic (exact) mass is 319 g/mol. The minimum Gasteiger partial charge on any atom is -0.545 e. The molecule has 2 rings (SSSR count). The number of carbonyl (C=O) groups excluding carboxylic acids is 2. The summed E-state index contributed by atoms with van der Waals surface area (Å²) in [5.74, 6) is -3.16. The van der Waals surface area contributed by atoms with Crippen molar-refractivity contribution < 1.29 is 28.2 Å². The van der Waals surface area contributed by atoms with Crippen LogP contribution < -0.4 is 15.9 Å². The summed E-state index contributed by atoms with van der Waals surface area (Å²) < 4.78 is 25.1. The van der Waals surface area contributed by atoms with Crippen LogP contribution in [-0.2, 0) is 9.84 Å². The second-order valence-corrected chi connectivity index (χ2v) is 6.21. The molecule has 0 aliphatic carbocycles. The first-order valence-electron chi connectivity index (χ1n) is 5.91. The molecule has 2 aromatic rings. The molecule has 2 N–H and O–H groups in total. The third kappa shape index (κ3) is 2.63. The first-order valence-corrected chi connectivity index (χ1v) is 7.40. The highest BCUT2D eigenvalue weighted by Gasteiger charge is 2.23. The predicted octanol–water partition coefficient (Wildman–Crippen LogP) is -1.17. The molecule has 0 amide bonds. The largest absolute Gasteiger partial charge is 0.545 e. The third-order valence-electron chi connectivity index (χ3n) is 2.93. The van der Waals surface area contributed by atoms with Crippen molar-refractivity contribution in [3.8, 4) is 0 Å². The average molecular weight is 319 g/mol. The van der Waals surface area contributed by atoms with E-state index in [0.717, 1.165) is 30.3 Å². The van der Waals surface area contributed by atoms with Crippen molar-refractivity contribution in [2.45, 2.75) is 9.79 Å². The van der Waals surface area contributed by atoms with Gasteiger partial charge in [0.15, 0.2) is 0 Å². The molecule has 8 heteroatoms. The Hall–Kier alpha value is -2.87. The minimum absolute atomic E-state index is 0.287. The molecular formula is C14H9NO6S-2. The average Bonchev–Trinajstić information content (AvgIpc) is 2.46. The highest BCUT2D eigenvalue weighted by atomic mass is 32.2. The zero-order valence-corrected chi connectivity index (χ0v) is 11.8. The van der Waals surface area contributed by atoms with Crippen molar-refractivity contribution in [3.63, 3.8) is 0 Å². The third-order valence-corrected chi connectivity index (χ3v) is 4.82. The zero-order chi connectivity index (χ0) is 16.5. The Balaban J connectivity index is 2.67. The van der Waals surface area contributed by atoms with Gasteiger partial charge in [0, 0.05) is 5.56 Å². The molecular weight excluding hydrogens is 310 g/mol. The van der Waals surface area contributed by atoms with Gasteiger partial charge in [-0.2, -0.15) is 0 Å². The van der Waals surface area contributed by atoms with E-state index in [9.17, 15) is 28.2 Å². The summed E-state index contributed by atoms with van der Waals surface area (Å²) in [6.45, 7) is 0. The standard InChI is InChI=1S/C14H11NO6S/c15-10-7-8(13(16)17)5-6-12(10)22(20,21)11-4-2-1-3-9(11)14(18)19/h1-7H,15H2,(H,16,17)(H,18,19)/p-2. The molecule has 0 spiro atoms. The van der Waals surface area contributed by atoms with Crippen molar-refractivity contribution >= 4 is 27.5 Å². The SMILES string of the molecule is Nc1cc(C(=O)[O-])ccc1S(=O)(=O)c1ccccc1C(=O)[O-]. The number of carbonyl (C=O) groups is 2. The summed E-state index contributed by atoms with van der Waals surface area (Å²) >= 11 is 0. The van der Waals surface area contributed by atoms with Crippen LogP contribution in [0.3, 0.4) is 0 Å². The first-order chi connectivity index (χ1) is 10.2. The Kier molecular flexibility index (Phi) is 3.87. The van der Waals surface area contributed by atoms with Gasteiger partial charge in [-0.25, -0.2) is 8.42 Å². The quantitative estimate of drug-likeness (QED) is 0.700. The molecule has 7 nitrogen and oxygen atoms in total. The van der Waals surface area contributed by atoms with Crippen molar-refractivity contribution in [3.05, 3.63) is 53.6 Å². The summed E-state index contributed by atoms with van der Waals surface area (Å²) in [6.07, 6.45) is 0. The molecule has 2 aromatic carbocycles. The molecule has 0 saturated carbocycles. The van der Waals surface area contributed by atoms with Gasteiger partial charge in [-0.3, -0.25) is 0 Å². The van der Waals surface area contributed by atoms with E-state index < -0.39 is 37.1 Å². The van der Waals surface area contributed by atoms with Crippen molar-refractivity contribution in [1.82, 2.24) is 0 Å². The summed E-state index contributed by atoms with van der Waals surface area (Å²) in [4.78, 5) is 20.9. The molecule has 0 saturated heterocycles. The second kappa shape index (κ2) is 5.49.